The summed E-state index contributed by atoms with van der Waals surface area (Å²) in [7, 11) is 0. The van der Waals surface area contributed by atoms with Crippen molar-refractivity contribution in [2.24, 2.45) is 0 Å². The van der Waals surface area contributed by atoms with Gasteiger partial charge in [-0.25, -0.2) is 65.9 Å². The highest BCUT2D eigenvalue weighted by Crippen LogP contribution is 2.43. The molecule has 0 fully saturated rings. The van der Waals surface area contributed by atoms with E-state index in [4.69, 9.17) is 4.74 Å². The highest BCUT2D eigenvalue weighted by molar-refractivity contribution is 5.55. The van der Waals surface area contributed by atoms with Crippen molar-refractivity contribution in [3.63, 3.8) is 0 Å². The van der Waals surface area contributed by atoms with E-state index in [0.717, 1.165) is 92.8 Å². The lowest BCUT2D eigenvalue weighted by molar-refractivity contribution is -0.276. The second-order valence-electron chi connectivity index (χ2n) is 29.7. The van der Waals surface area contributed by atoms with Crippen molar-refractivity contribution in [1.29, 1.82) is 0 Å². The third-order valence-electron chi connectivity index (χ3n) is 19.2. The van der Waals surface area contributed by atoms with E-state index in [9.17, 15) is 132 Å². The molecule has 0 aliphatic carbocycles. The summed E-state index contributed by atoms with van der Waals surface area (Å²) in [5.74, 6) is 3.46. The summed E-state index contributed by atoms with van der Waals surface area (Å²) in [5, 5.41) is 0. The van der Waals surface area contributed by atoms with Crippen molar-refractivity contribution in [1.82, 2.24) is 0 Å². The second kappa shape index (κ2) is 46.2. The van der Waals surface area contributed by atoms with E-state index in [0.29, 0.717) is 132 Å². The predicted octanol–water partition coefficient (Wildman–Crippen LogP) is 29.5. The van der Waals surface area contributed by atoms with Gasteiger partial charge in [-0.2, -0.15) is 52.7 Å². The van der Waals surface area contributed by atoms with E-state index in [1.807, 2.05) is 20.8 Å². The van der Waals surface area contributed by atoms with Gasteiger partial charge in [-0.3, -0.25) is 0 Å². The molecule has 12 aromatic rings. The molecule has 35 heteroatoms. The number of hydrogen-bond donors (Lipinski definition) is 0. The van der Waals surface area contributed by atoms with Crippen LogP contribution in [-0.4, -0.2) is 13.0 Å². The Kier molecular flexibility index (Phi) is 35.2. The minimum Gasteiger partial charge on any atom is -0.493 e. The van der Waals surface area contributed by atoms with Gasteiger partial charge in [-0.15, -0.1) is 13.2 Å². The van der Waals surface area contributed by atoms with Crippen LogP contribution in [0, 0.1) is 158 Å². The number of alkyl halides is 15. The molecular weight excluding hydrogens is 1900 g/mol. The maximum absolute atomic E-state index is 14.8. The number of halogens is 30. The first kappa shape index (κ1) is 106. The lowest BCUT2D eigenvalue weighted by Gasteiger charge is -2.20. The van der Waals surface area contributed by atoms with E-state index < -0.39 is 175 Å². The summed E-state index contributed by atoms with van der Waals surface area (Å²) in [6.07, 6.45) is -22.5. The fourth-order valence-corrected chi connectivity index (χ4v) is 12.5. The lowest BCUT2D eigenvalue weighted by Crippen LogP contribution is -2.25. The molecule has 0 saturated heterocycles. The molecule has 0 atom stereocenters. The summed E-state index contributed by atoms with van der Waals surface area (Å²) in [4.78, 5) is 0. The van der Waals surface area contributed by atoms with Gasteiger partial charge in [0.2, 0.25) is 5.75 Å². The van der Waals surface area contributed by atoms with Gasteiger partial charge in [0.1, 0.15) is 126 Å². The topological polar surface area (TPSA) is 46.2 Å². The molecule has 12 rings (SSSR count). The van der Waals surface area contributed by atoms with E-state index in [-0.39, 0.29) is 56.9 Å². The third-order valence-corrected chi connectivity index (χ3v) is 19.2. The van der Waals surface area contributed by atoms with Crippen LogP contribution in [0.2, 0.25) is 0 Å². The number of rotatable bonds is 22. The summed E-state index contributed by atoms with van der Waals surface area (Å²) in [5.41, 5.74) is -7.97. The van der Waals surface area contributed by atoms with Crippen molar-refractivity contribution in [3.05, 3.63) is 393 Å². The molecule has 0 radical (unpaired) electrons. The van der Waals surface area contributed by atoms with E-state index in [2.05, 4.69) is 90.0 Å². The Balaban J connectivity index is 0.000000215. The monoisotopic (exact) mass is 1960 g/mol. The van der Waals surface area contributed by atoms with Crippen LogP contribution >= 0.6 is 0 Å². The number of benzene rings is 12. The Morgan fingerprint density at radius 3 is 0.691 bits per heavy atom. The summed E-state index contributed by atoms with van der Waals surface area (Å²) < 4.78 is 437. The van der Waals surface area contributed by atoms with Crippen LogP contribution in [-0.2, 0) is 43.5 Å². The quantitative estimate of drug-likeness (QED) is 0.0384. The highest BCUT2D eigenvalue weighted by Gasteiger charge is 2.46. The Labute approximate surface area is 773 Å². The van der Waals surface area contributed by atoms with Gasteiger partial charge in [0.25, 0.3) is 0 Å². The molecule has 0 heterocycles. The molecular formula is C104H64F30O5. The Bertz CT molecular complexity index is 6480. The van der Waals surface area contributed by atoms with Crippen LogP contribution in [0.5, 0.6) is 28.7 Å². The maximum Gasteiger partial charge on any atom is 0.573 e. The number of aryl methyl sites for hydroxylation is 2. The number of ether oxygens (including phenoxy) is 5. The number of unbranched alkanes of at least 4 members (excludes halogenated alkanes) is 5. The van der Waals surface area contributed by atoms with Crippen LogP contribution in [0.1, 0.15) is 178 Å². The van der Waals surface area contributed by atoms with Crippen molar-refractivity contribution < 1.29 is 155 Å². The highest BCUT2D eigenvalue weighted by atomic mass is 19.4. The minimum absolute atomic E-state index is 0.136. The summed E-state index contributed by atoms with van der Waals surface area (Å²) >= 11 is 0. The Hall–Kier alpha value is -15.1. The Morgan fingerprint density at radius 2 is 0.446 bits per heavy atom. The van der Waals surface area contributed by atoms with E-state index >= 15 is 0 Å². The van der Waals surface area contributed by atoms with Crippen LogP contribution in [0.4, 0.5) is 132 Å². The van der Waals surface area contributed by atoms with E-state index in [1.165, 1.54) is 72.8 Å². The minimum atomic E-state index is -5.29. The van der Waals surface area contributed by atoms with Crippen molar-refractivity contribution >= 4 is 0 Å². The molecule has 0 aliphatic heterocycles. The molecule has 139 heavy (non-hydrogen) atoms. The molecule has 0 aromatic heterocycles. The first-order chi connectivity index (χ1) is 65.5. The first-order valence-electron chi connectivity index (χ1n) is 41.0. The van der Waals surface area contributed by atoms with Gasteiger partial charge < -0.3 is 23.7 Å². The van der Waals surface area contributed by atoms with Crippen molar-refractivity contribution in [2.45, 2.75) is 122 Å². The zero-order valence-electron chi connectivity index (χ0n) is 71.7. The molecule has 0 unspecified atom stereocenters. The third kappa shape index (κ3) is 30.0. The smallest absolute Gasteiger partial charge is 0.493 e. The molecule has 0 aliphatic rings. The van der Waals surface area contributed by atoms with Gasteiger partial charge in [-0.1, -0.05) is 124 Å². The summed E-state index contributed by atoms with van der Waals surface area (Å²) in [6, 6.07) is 32.6. The van der Waals surface area contributed by atoms with Gasteiger partial charge in [0, 0.05) is 80.4 Å². The molecule has 0 N–H and O–H groups in total. The van der Waals surface area contributed by atoms with Gasteiger partial charge in [-0.05, 0) is 213 Å². The molecule has 0 bridgehead atoms. The molecule has 0 amide bonds. The fraction of sp³-hybridized carbons (Fsp3) is 0.192. The second-order valence-corrected chi connectivity index (χ2v) is 29.7. The SMILES string of the molecule is CCCCCc1cc(F)c(C(F)(F)Oc2ccc(C#Cc3ccc(C#Cc4cc(F)c(C(F)(F)F)c(F)c4)cc3)c(F)c2)c(F)c1.CCCCCc1cc(F)c(C(F)(F)Oc2ccc(C#Cc3ccc(C#Cc4cc(F)c(OC(F)(F)F)c(F)c4)cc3)c(F)c2)c(F)c1.CCCCOc1cc(F)c(C(F)(F)Oc2ccc(C#Cc3ccc(C#Cc4cc(F)c(C(F)(F)F)c(F)c4)cc3)c(F)c2)c(F)c1. The molecule has 5 nitrogen and oxygen atoms in total. The molecule has 12 aromatic carbocycles. The van der Waals surface area contributed by atoms with Gasteiger partial charge in [0.15, 0.2) is 11.6 Å². The average molecular weight is 1960 g/mol. The maximum atomic E-state index is 14.8. The average Bonchev–Trinajstić information content (AvgIpc) is 0.806. The molecule has 0 spiro atoms. The van der Waals surface area contributed by atoms with Crippen LogP contribution in [0.15, 0.2) is 200 Å². The fourth-order valence-electron chi connectivity index (χ4n) is 12.5. The van der Waals surface area contributed by atoms with Crippen LogP contribution in [0.3, 0.4) is 0 Å². The van der Waals surface area contributed by atoms with Crippen molar-refractivity contribution in [3.8, 4) is 99.8 Å². The summed E-state index contributed by atoms with van der Waals surface area (Å²) in [6.45, 7) is 5.89. The standard InChI is InChI=1S/C35H22F10O2.C35H22F10O.C34H20F10O2/c1-2-3-4-5-23-16-28(37)32(29(38)17-23)34(41,42)46-26-15-14-25(27(36)20-26)13-12-22-8-6-21(7-9-22)10-11-24-18-30(39)33(31(40)19-24)47-35(43,44)45;1-2-3-4-5-23-16-30(39)33(31(40)17-23)35(44,45)46-26-15-14-25(27(36)20-26)13-12-22-8-6-21(7-9-22)10-11-24-18-28(37)32(29(38)19-24)34(41,42)43;1-2-3-14-45-25-18-29(38)32(30(39)19-25)34(43,44)46-24-13-12-23(26(35)17-24)11-10-21-6-4-20(5-7-21)8-9-22-15-27(36)31(28(37)16-22)33(40,41)42/h6-9,14-20H,2-5H2,1H3;6-9,14-20H,2-5H2,1H3;4-7,12-13,15-19H,2-3,14H2,1H3. The van der Waals surface area contributed by atoms with Crippen LogP contribution in [0.25, 0.3) is 0 Å². The Morgan fingerprint density at radius 1 is 0.216 bits per heavy atom. The van der Waals surface area contributed by atoms with Gasteiger partial charge in [0.05, 0.1) is 23.3 Å². The zero-order valence-corrected chi connectivity index (χ0v) is 71.7. The predicted molar refractivity (Wildman–Crippen MR) is 450 cm³/mol. The lowest BCUT2D eigenvalue weighted by atomic mass is 10.0. The van der Waals surface area contributed by atoms with Gasteiger partial charge >= 0.3 is 37.0 Å². The largest absolute Gasteiger partial charge is 0.573 e. The van der Waals surface area contributed by atoms with E-state index in [1.54, 1.807) is 0 Å². The number of hydrogen-bond acceptors (Lipinski definition) is 5. The first-order valence-corrected chi connectivity index (χ1v) is 41.0. The normalized spacial score (nSPS) is 11.3. The zero-order chi connectivity index (χ0) is 102. The molecule has 0 saturated carbocycles. The van der Waals surface area contributed by atoms with Crippen molar-refractivity contribution in [2.75, 3.05) is 6.61 Å². The molecule has 720 valence electrons. The van der Waals surface area contributed by atoms with Crippen LogP contribution < -0.4 is 23.7 Å².